The van der Waals surface area contributed by atoms with Gasteiger partial charge in [0.1, 0.15) is 14.2 Å². The Morgan fingerprint density at radius 2 is 1.41 bits per heavy atom. The number of hydrogen-bond donors (Lipinski definition) is 5. The number of carbonyl (C=O) groups excluding carboxylic acids is 4. The molecule has 0 aromatic rings. The lowest BCUT2D eigenvalue weighted by molar-refractivity contribution is -0.201. The Bertz CT molecular complexity index is 915. The molecule has 0 radical (unpaired) electrons. The lowest BCUT2D eigenvalue weighted by Crippen LogP contribution is -2.50. The molecule has 0 aromatic heterocycles. The largest absolute Gasteiger partial charge is 0.779 e. The van der Waals surface area contributed by atoms with Gasteiger partial charge in [-0.25, -0.2) is 4.79 Å². The monoisotopic (exact) mass is 602 g/mol. The van der Waals surface area contributed by atoms with Crippen LogP contribution in [0.25, 0.3) is 0 Å². The molecule has 5 N–H and O–H groups in total. The third-order valence-corrected chi connectivity index (χ3v) is 6.67. The van der Waals surface area contributed by atoms with Gasteiger partial charge < -0.3 is 54.1 Å². The van der Waals surface area contributed by atoms with Crippen LogP contribution < -0.4 is 20.8 Å². The van der Waals surface area contributed by atoms with Gasteiger partial charge in [-0.2, -0.15) is 0 Å². The minimum Gasteiger partial charge on any atom is -0.779 e. The fourth-order valence-electron chi connectivity index (χ4n) is 3.37. The predicted octanol–water partition coefficient (Wildman–Crippen LogP) is -2.32. The summed E-state index contributed by atoms with van der Waals surface area (Å²) >= 11 is 0. The average molecular weight is 602 g/mol. The summed E-state index contributed by atoms with van der Waals surface area (Å²) in [6.07, 6.45) is -3.04. The number of nitrogens with one attached hydrogen (secondary N) is 3. The molecule has 3 amide bonds. The summed E-state index contributed by atoms with van der Waals surface area (Å²) < 4.78 is 42.4. The predicted molar refractivity (Wildman–Crippen MR) is 134 cm³/mol. The van der Waals surface area contributed by atoms with Crippen LogP contribution in [0.1, 0.15) is 25.7 Å². The van der Waals surface area contributed by atoms with Gasteiger partial charge in [-0.3, -0.25) is 18.9 Å². The van der Waals surface area contributed by atoms with Crippen LogP contribution in [0.15, 0.2) is 0 Å². The van der Waals surface area contributed by atoms with Crippen molar-refractivity contribution in [1.82, 2.24) is 16.0 Å². The molecule has 1 fully saturated rings. The van der Waals surface area contributed by atoms with E-state index >= 15 is 0 Å². The Balaban J connectivity index is 2.20. The molecule has 18 heteroatoms. The Hall–Kier alpha value is -1.90. The Labute approximate surface area is 226 Å². The molecule has 1 saturated carbocycles. The van der Waals surface area contributed by atoms with E-state index in [-0.39, 0.29) is 39.0 Å². The Kier molecular flexibility index (Phi) is 15.3. The van der Waals surface area contributed by atoms with Crippen molar-refractivity contribution >= 4 is 38.7 Å². The second-order valence-electron chi connectivity index (χ2n) is 9.13. The van der Waals surface area contributed by atoms with Crippen LogP contribution in [-0.2, 0) is 46.8 Å². The molecule has 0 aromatic carbocycles. The van der Waals surface area contributed by atoms with Crippen LogP contribution in [0.2, 0.25) is 0 Å². The van der Waals surface area contributed by atoms with E-state index in [1.807, 2.05) is 0 Å². The highest BCUT2D eigenvalue weighted by atomic mass is 31.2. The third-order valence-electron chi connectivity index (χ3n) is 5.18. The Morgan fingerprint density at radius 3 is 1.92 bits per heavy atom. The van der Waals surface area contributed by atoms with Gasteiger partial charge in [0.15, 0.2) is 19.6 Å². The highest BCUT2D eigenvalue weighted by Crippen LogP contribution is 2.37. The van der Waals surface area contributed by atoms with Crippen molar-refractivity contribution in [1.29, 1.82) is 0 Å². The van der Waals surface area contributed by atoms with E-state index < -0.39 is 63.6 Å². The third kappa shape index (κ3) is 16.1. The fourth-order valence-corrected chi connectivity index (χ4v) is 4.64. The summed E-state index contributed by atoms with van der Waals surface area (Å²) in [4.78, 5) is 58.9. The molecule has 1 aliphatic rings. The van der Waals surface area contributed by atoms with Crippen LogP contribution >= 0.6 is 15.0 Å². The smallest absolute Gasteiger partial charge is 0.396 e. The van der Waals surface area contributed by atoms with Gasteiger partial charge in [0, 0.05) is 32.6 Å². The van der Waals surface area contributed by atoms with Crippen molar-refractivity contribution in [3.05, 3.63) is 0 Å². The zero-order chi connectivity index (χ0) is 29.6. The molecule has 2 unspecified atom stereocenters. The number of ether oxygens (including phenoxy) is 2. The van der Waals surface area contributed by atoms with Crippen LogP contribution in [0, 0.1) is 0 Å². The first kappa shape index (κ1) is 35.1. The minimum atomic E-state index is -3.86. The summed E-state index contributed by atoms with van der Waals surface area (Å²) in [5, 5.41) is 26.6. The van der Waals surface area contributed by atoms with Crippen molar-refractivity contribution < 1.29 is 61.9 Å². The molecule has 0 heterocycles. The standard InChI is InChI=1S/C21H39N3O13P2/c1-38(2,31)36-13-12-34-10-8-22-18(27)16(25)17(26)19(28)23-9-11-35-21(30)20(29)24-14-4-6-15(7-5-14)37-39(3,32)33/h14-17,25-26H,4-13H2,1-3H3,(H,22,27)(H,23,28)(H,24,29)(H,32,33)/p-1/t14?,15?,16-,17?/m1/s1. The number of aliphatic hydroxyl groups excluding tert-OH is 2. The van der Waals surface area contributed by atoms with Crippen molar-refractivity contribution in [2.45, 2.75) is 50.0 Å². The summed E-state index contributed by atoms with van der Waals surface area (Å²) in [5.41, 5.74) is 0. The van der Waals surface area contributed by atoms with Gasteiger partial charge in [0.05, 0.1) is 32.5 Å². The van der Waals surface area contributed by atoms with Gasteiger partial charge in [0.25, 0.3) is 11.8 Å². The van der Waals surface area contributed by atoms with Gasteiger partial charge in [-0.15, -0.1) is 0 Å². The minimum absolute atomic E-state index is 0.0334. The maximum absolute atomic E-state index is 12.0. The normalized spacial score (nSPS) is 20.7. The molecule has 39 heavy (non-hydrogen) atoms. The number of amides is 3. The van der Waals surface area contributed by atoms with Gasteiger partial charge in [0.2, 0.25) is 0 Å². The highest BCUT2D eigenvalue weighted by Gasteiger charge is 2.30. The van der Waals surface area contributed by atoms with Crippen LogP contribution in [0.3, 0.4) is 0 Å². The van der Waals surface area contributed by atoms with E-state index in [4.69, 9.17) is 18.5 Å². The van der Waals surface area contributed by atoms with Crippen molar-refractivity contribution in [3.8, 4) is 0 Å². The molecule has 0 spiro atoms. The lowest BCUT2D eigenvalue weighted by atomic mass is 9.93. The maximum Gasteiger partial charge on any atom is 0.396 e. The van der Waals surface area contributed by atoms with Crippen LogP contribution in [0.4, 0.5) is 0 Å². The molecule has 1 aliphatic carbocycles. The zero-order valence-corrected chi connectivity index (χ0v) is 23.9. The number of rotatable bonds is 16. The number of esters is 1. The van der Waals surface area contributed by atoms with Crippen LogP contribution in [0.5, 0.6) is 0 Å². The van der Waals surface area contributed by atoms with E-state index in [1.165, 1.54) is 13.3 Å². The molecule has 0 saturated heterocycles. The van der Waals surface area contributed by atoms with E-state index in [0.29, 0.717) is 25.7 Å². The average Bonchev–Trinajstić information content (AvgIpc) is 2.84. The first-order valence-electron chi connectivity index (χ1n) is 12.2. The molecule has 0 bridgehead atoms. The van der Waals surface area contributed by atoms with Crippen molar-refractivity contribution in [2.75, 3.05) is 59.5 Å². The first-order valence-corrected chi connectivity index (χ1v) is 16.7. The molecule has 3 atom stereocenters. The van der Waals surface area contributed by atoms with E-state index in [9.17, 15) is 43.4 Å². The number of hydrogen-bond acceptors (Lipinski definition) is 13. The van der Waals surface area contributed by atoms with Crippen LogP contribution in [-0.4, -0.2) is 118 Å². The fraction of sp³-hybridized carbons (Fsp3) is 0.810. The Morgan fingerprint density at radius 1 is 0.872 bits per heavy atom. The van der Waals surface area contributed by atoms with E-state index in [0.717, 1.165) is 6.66 Å². The second kappa shape index (κ2) is 17.0. The van der Waals surface area contributed by atoms with Gasteiger partial charge in [-0.1, -0.05) is 0 Å². The summed E-state index contributed by atoms with van der Waals surface area (Å²) in [6, 6.07) is -0.353. The maximum atomic E-state index is 12.0. The van der Waals surface area contributed by atoms with Gasteiger partial charge >= 0.3 is 11.9 Å². The molecular formula is C21H38N3O13P2-. The molecule has 1 rings (SSSR count). The molecule has 226 valence electrons. The second-order valence-corrected chi connectivity index (χ2v) is 13.6. The topological polar surface area (TPSA) is 239 Å². The molecule has 0 aliphatic heterocycles. The number of carbonyl (C=O) groups is 4. The molecule has 16 nitrogen and oxygen atoms in total. The van der Waals surface area contributed by atoms with Gasteiger partial charge in [-0.05, 0) is 25.7 Å². The van der Waals surface area contributed by atoms with Crippen molar-refractivity contribution in [2.24, 2.45) is 0 Å². The SMILES string of the molecule is CP(C)(=O)OCCOCCNC(=O)[C@H](O)C(O)C(=O)NCCOC(=O)C(=O)NC1CCC(OP(C)(=O)[O-])CC1. The molecular weight excluding hydrogens is 564 g/mol. The summed E-state index contributed by atoms with van der Waals surface area (Å²) in [6.45, 7) is 3.41. The van der Waals surface area contributed by atoms with E-state index in [1.54, 1.807) is 0 Å². The highest BCUT2D eigenvalue weighted by molar-refractivity contribution is 7.57. The quantitative estimate of drug-likeness (QED) is 0.0540. The summed E-state index contributed by atoms with van der Waals surface area (Å²) in [5.74, 6) is -4.34. The number of aliphatic hydroxyl groups is 2. The van der Waals surface area contributed by atoms with Crippen molar-refractivity contribution in [3.63, 3.8) is 0 Å². The first-order chi connectivity index (χ1) is 18.1. The lowest BCUT2D eigenvalue weighted by Gasteiger charge is -2.32. The summed E-state index contributed by atoms with van der Waals surface area (Å²) in [7, 11) is -6.47. The van der Waals surface area contributed by atoms with E-state index in [2.05, 4.69) is 16.0 Å². The zero-order valence-electron chi connectivity index (χ0n) is 22.2.